The molecule has 194 valence electrons. The van der Waals surface area contributed by atoms with Crippen molar-refractivity contribution in [2.45, 2.75) is 118 Å². The fourth-order valence-corrected chi connectivity index (χ4v) is 10.9. The van der Waals surface area contributed by atoms with Gasteiger partial charge in [0, 0.05) is 12.3 Å². The molecule has 0 aromatic carbocycles. The molecule has 3 unspecified atom stereocenters. The zero-order valence-electron chi connectivity index (χ0n) is 22.8. The number of carbonyl (C=O) groups excluding carboxylic acids is 1. The van der Waals surface area contributed by atoms with Gasteiger partial charge in [0.15, 0.2) is 5.78 Å². The van der Waals surface area contributed by atoms with Crippen molar-refractivity contribution in [1.29, 1.82) is 0 Å². The van der Waals surface area contributed by atoms with Gasteiger partial charge in [0.25, 0.3) is 0 Å². The Morgan fingerprint density at radius 2 is 1.47 bits per heavy atom. The van der Waals surface area contributed by atoms with E-state index in [0.29, 0.717) is 35.7 Å². The van der Waals surface area contributed by atoms with Crippen LogP contribution in [0.4, 0.5) is 0 Å². The van der Waals surface area contributed by atoms with Crippen LogP contribution >= 0.6 is 0 Å². The van der Waals surface area contributed by atoms with Crippen molar-refractivity contribution < 1.29 is 19.7 Å². The van der Waals surface area contributed by atoms with Crippen molar-refractivity contribution in [3.63, 3.8) is 0 Å². The molecule has 1 heterocycles. The summed E-state index contributed by atoms with van der Waals surface area (Å²) < 4.78 is 5.85. The highest BCUT2D eigenvalue weighted by molar-refractivity contribution is 5.87. The zero-order chi connectivity index (χ0) is 24.9. The van der Waals surface area contributed by atoms with Gasteiger partial charge in [-0.25, -0.2) is 0 Å². The second kappa shape index (κ2) is 7.78. The first kappa shape index (κ1) is 25.2. The Hall–Kier alpha value is -0.450. The molecule has 5 rings (SSSR count). The lowest BCUT2D eigenvalue weighted by Crippen LogP contribution is -2.61. The number of rotatable bonds is 3. The number of carbonyl (C=O) groups is 1. The van der Waals surface area contributed by atoms with Crippen LogP contribution in [-0.2, 0) is 9.53 Å². The second-order valence-electron chi connectivity index (χ2n) is 14.8. The molecular formula is C30H50O4. The highest BCUT2D eigenvalue weighted by Crippen LogP contribution is 2.75. The molecule has 0 spiro atoms. The predicted octanol–water partition coefficient (Wildman–Crippen LogP) is 5.98. The van der Waals surface area contributed by atoms with Gasteiger partial charge in [-0.15, -0.1) is 0 Å². The number of hydrogen-bond donors (Lipinski definition) is 2. The Morgan fingerprint density at radius 3 is 2.12 bits per heavy atom. The summed E-state index contributed by atoms with van der Waals surface area (Å²) in [5.74, 6) is 0.933. The van der Waals surface area contributed by atoms with Crippen LogP contribution in [0.1, 0.15) is 106 Å². The van der Waals surface area contributed by atoms with E-state index in [0.717, 1.165) is 18.3 Å². The minimum atomic E-state index is -1.58. The van der Waals surface area contributed by atoms with Crippen LogP contribution in [0, 0.1) is 57.2 Å². The van der Waals surface area contributed by atoms with Crippen LogP contribution in [0.25, 0.3) is 0 Å². The monoisotopic (exact) mass is 474 g/mol. The first-order valence-electron chi connectivity index (χ1n) is 14.3. The van der Waals surface area contributed by atoms with Gasteiger partial charge in [-0.2, -0.15) is 0 Å². The Bertz CT molecular complexity index is 836. The molecular weight excluding hydrogens is 424 g/mol. The van der Waals surface area contributed by atoms with Crippen LogP contribution in [-0.4, -0.2) is 34.5 Å². The average molecular weight is 475 g/mol. The Balaban J connectivity index is 1.40. The maximum atomic E-state index is 12.7. The molecule has 0 aromatic heterocycles. The topological polar surface area (TPSA) is 66.8 Å². The first-order chi connectivity index (χ1) is 15.7. The van der Waals surface area contributed by atoms with E-state index in [9.17, 15) is 15.0 Å². The second-order valence-corrected chi connectivity index (χ2v) is 14.8. The lowest BCUT2D eigenvalue weighted by molar-refractivity contribution is -0.200. The third kappa shape index (κ3) is 3.16. The summed E-state index contributed by atoms with van der Waals surface area (Å²) in [6, 6.07) is 0. The minimum absolute atomic E-state index is 0.00638. The fourth-order valence-electron chi connectivity index (χ4n) is 10.9. The molecule has 4 aliphatic carbocycles. The van der Waals surface area contributed by atoms with Crippen molar-refractivity contribution in [3.05, 3.63) is 0 Å². The number of Topliss-reactive ketones (excluding diaryl/α,β-unsaturated/α-hetero) is 1. The van der Waals surface area contributed by atoms with Crippen LogP contribution < -0.4 is 0 Å². The molecule has 1 saturated heterocycles. The Kier molecular flexibility index (Phi) is 5.77. The number of aliphatic hydroxyl groups is 2. The van der Waals surface area contributed by atoms with Crippen LogP contribution in [0.15, 0.2) is 0 Å². The third-order valence-corrected chi connectivity index (χ3v) is 13.1. The molecule has 4 nitrogen and oxygen atoms in total. The van der Waals surface area contributed by atoms with Gasteiger partial charge in [-0.1, -0.05) is 48.5 Å². The van der Waals surface area contributed by atoms with Gasteiger partial charge < -0.3 is 14.9 Å². The molecule has 0 aromatic rings. The lowest BCUT2D eigenvalue weighted by atomic mass is 9.38. The van der Waals surface area contributed by atoms with Crippen molar-refractivity contribution >= 4 is 5.78 Å². The van der Waals surface area contributed by atoms with E-state index < -0.39 is 5.79 Å². The van der Waals surface area contributed by atoms with E-state index in [4.69, 9.17) is 4.74 Å². The molecule has 5 fully saturated rings. The number of ketones is 1. The summed E-state index contributed by atoms with van der Waals surface area (Å²) in [7, 11) is 0. The standard InChI is InChI=1S/C30H50O4/c1-18(2)25(32)30(33)16-19(17-34-30)20-10-14-29(7)22-8-9-23-26(3,4)24(31)12-13-27(23,5)21(22)11-15-28(20,29)6/h18-24,31,33H,8-17H2,1-7H3/t19?,20-,21-,22?,23-,24-,27+,28+,29+,30?/m1/s1. The molecule has 0 radical (unpaired) electrons. The average Bonchev–Trinajstić information content (AvgIpc) is 3.28. The normalized spacial score (nSPS) is 54.4. The van der Waals surface area contributed by atoms with Crippen LogP contribution in [0.2, 0.25) is 0 Å². The summed E-state index contributed by atoms with van der Waals surface area (Å²) in [5, 5.41) is 21.9. The summed E-state index contributed by atoms with van der Waals surface area (Å²) in [6.45, 7) is 16.6. The Morgan fingerprint density at radius 1 is 0.853 bits per heavy atom. The van der Waals surface area contributed by atoms with Crippen molar-refractivity contribution in [3.8, 4) is 0 Å². The maximum absolute atomic E-state index is 12.7. The molecule has 1 aliphatic heterocycles. The van der Waals surface area contributed by atoms with Crippen molar-refractivity contribution in [2.75, 3.05) is 6.61 Å². The zero-order valence-corrected chi connectivity index (χ0v) is 22.8. The summed E-state index contributed by atoms with van der Waals surface area (Å²) in [5.41, 5.74) is 0.875. The molecule has 0 amide bonds. The summed E-state index contributed by atoms with van der Waals surface area (Å²) in [4.78, 5) is 12.7. The summed E-state index contributed by atoms with van der Waals surface area (Å²) in [6.07, 6.45) is 9.93. The highest BCUT2D eigenvalue weighted by atomic mass is 16.6. The van der Waals surface area contributed by atoms with E-state index >= 15 is 0 Å². The molecule has 2 N–H and O–H groups in total. The molecule has 5 aliphatic rings. The van der Waals surface area contributed by atoms with Gasteiger partial charge in [0.05, 0.1) is 12.7 Å². The maximum Gasteiger partial charge on any atom is 0.227 e. The number of hydrogen-bond acceptors (Lipinski definition) is 4. The van der Waals surface area contributed by atoms with E-state index in [2.05, 4.69) is 34.6 Å². The lowest BCUT2D eigenvalue weighted by Gasteiger charge is -2.67. The smallest absolute Gasteiger partial charge is 0.227 e. The van der Waals surface area contributed by atoms with E-state index in [1.165, 1.54) is 44.9 Å². The van der Waals surface area contributed by atoms with Gasteiger partial charge in [-0.05, 0) is 103 Å². The largest absolute Gasteiger partial charge is 0.393 e. The molecule has 4 saturated carbocycles. The molecule has 34 heavy (non-hydrogen) atoms. The Labute approximate surface area is 207 Å². The molecule has 4 heteroatoms. The van der Waals surface area contributed by atoms with Gasteiger partial charge in [-0.3, -0.25) is 4.79 Å². The highest BCUT2D eigenvalue weighted by Gasteiger charge is 2.68. The molecule has 10 atom stereocenters. The first-order valence-corrected chi connectivity index (χ1v) is 14.3. The number of ether oxygens (including phenoxy) is 1. The fraction of sp³-hybridized carbons (Fsp3) is 0.967. The van der Waals surface area contributed by atoms with Gasteiger partial charge >= 0.3 is 0 Å². The third-order valence-electron chi connectivity index (χ3n) is 13.1. The number of fused-ring (bicyclic) bond motifs is 5. The summed E-state index contributed by atoms with van der Waals surface area (Å²) >= 11 is 0. The van der Waals surface area contributed by atoms with E-state index in [-0.39, 0.29) is 34.6 Å². The molecule has 0 bridgehead atoms. The van der Waals surface area contributed by atoms with E-state index in [1.807, 2.05) is 13.8 Å². The SMILES string of the molecule is CC(C)C(=O)C1(O)CC([C@H]2CC[C@@]3(C)C4CC[C@@H]5C(C)(C)[C@H](O)CC[C@@]5(C)[C@@H]4CC[C@@]23C)CO1. The van der Waals surface area contributed by atoms with Crippen molar-refractivity contribution in [1.82, 2.24) is 0 Å². The minimum Gasteiger partial charge on any atom is -0.393 e. The number of aliphatic hydroxyl groups excluding tert-OH is 1. The predicted molar refractivity (Wildman–Crippen MR) is 134 cm³/mol. The van der Waals surface area contributed by atoms with Crippen molar-refractivity contribution in [2.24, 2.45) is 57.2 Å². The van der Waals surface area contributed by atoms with Crippen LogP contribution in [0.5, 0.6) is 0 Å². The van der Waals surface area contributed by atoms with Gasteiger partial charge in [0.1, 0.15) is 0 Å². The quantitative estimate of drug-likeness (QED) is 0.528. The van der Waals surface area contributed by atoms with Crippen LogP contribution in [0.3, 0.4) is 0 Å². The van der Waals surface area contributed by atoms with Gasteiger partial charge in [0.2, 0.25) is 5.79 Å². The van der Waals surface area contributed by atoms with E-state index in [1.54, 1.807) is 0 Å².